The maximum absolute atomic E-state index is 10.8. The molecular weight excluding hydrogens is 290 g/mol. The SMILES string of the molecule is O=C(O)c1ccc(C=Cc2nc3cc(Cl)ccc3o2)cc1. The van der Waals surface area contributed by atoms with Gasteiger partial charge in [0.15, 0.2) is 5.58 Å². The number of carbonyl (C=O) groups is 1. The number of rotatable bonds is 3. The van der Waals surface area contributed by atoms with E-state index in [1.54, 1.807) is 54.6 Å². The van der Waals surface area contributed by atoms with Gasteiger partial charge in [-0.15, -0.1) is 0 Å². The van der Waals surface area contributed by atoms with Crippen molar-refractivity contribution in [2.24, 2.45) is 0 Å². The van der Waals surface area contributed by atoms with Crippen molar-refractivity contribution in [3.05, 3.63) is 64.5 Å². The minimum atomic E-state index is -0.943. The fraction of sp³-hybridized carbons (Fsp3) is 0. The molecule has 3 rings (SSSR count). The van der Waals surface area contributed by atoms with Gasteiger partial charge in [0.05, 0.1) is 5.56 Å². The fourth-order valence-electron chi connectivity index (χ4n) is 1.89. The minimum absolute atomic E-state index is 0.253. The zero-order valence-corrected chi connectivity index (χ0v) is 11.5. The monoisotopic (exact) mass is 299 g/mol. The van der Waals surface area contributed by atoms with Crippen LogP contribution in [-0.4, -0.2) is 16.1 Å². The van der Waals surface area contributed by atoms with Gasteiger partial charge >= 0.3 is 5.97 Å². The van der Waals surface area contributed by atoms with Crippen LogP contribution in [-0.2, 0) is 0 Å². The molecule has 4 nitrogen and oxygen atoms in total. The highest BCUT2D eigenvalue weighted by atomic mass is 35.5. The van der Waals surface area contributed by atoms with Gasteiger partial charge in [-0.05, 0) is 42.0 Å². The van der Waals surface area contributed by atoms with Gasteiger partial charge < -0.3 is 9.52 Å². The van der Waals surface area contributed by atoms with Crippen molar-refractivity contribution in [2.45, 2.75) is 0 Å². The van der Waals surface area contributed by atoms with E-state index in [2.05, 4.69) is 4.98 Å². The highest BCUT2D eigenvalue weighted by molar-refractivity contribution is 6.31. The Labute approximate surface area is 125 Å². The zero-order chi connectivity index (χ0) is 14.8. The molecule has 0 bridgehead atoms. The summed E-state index contributed by atoms with van der Waals surface area (Å²) >= 11 is 5.89. The molecule has 0 saturated carbocycles. The number of carboxylic acids is 1. The molecule has 5 heteroatoms. The number of nitrogens with zero attached hydrogens (tertiary/aromatic N) is 1. The number of fused-ring (bicyclic) bond motifs is 1. The van der Waals surface area contributed by atoms with Crippen molar-refractivity contribution in [1.29, 1.82) is 0 Å². The molecule has 1 heterocycles. The molecule has 0 fully saturated rings. The normalized spacial score (nSPS) is 11.3. The Balaban J connectivity index is 1.85. The summed E-state index contributed by atoms with van der Waals surface area (Å²) in [7, 11) is 0. The number of hydrogen-bond acceptors (Lipinski definition) is 3. The van der Waals surface area contributed by atoms with Gasteiger partial charge in [-0.3, -0.25) is 0 Å². The molecule has 1 N–H and O–H groups in total. The van der Waals surface area contributed by atoms with Crippen LogP contribution in [0.15, 0.2) is 46.9 Å². The molecular formula is C16H10ClNO3. The first-order chi connectivity index (χ1) is 10.1. The number of benzene rings is 2. The van der Waals surface area contributed by atoms with Crippen LogP contribution in [0.2, 0.25) is 5.02 Å². The minimum Gasteiger partial charge on any atom is -0.478 e. The number of aromatic carboxylic acids is 1. The molecule has 0 aliphatic carbocycles. The molecule has 104 valence electrons. The molecule has 0 spiro atoms. The lowest BCUT2D eigenvalue weighted by molar-refractivity contribution is 0.0697. The van der Waals surface area contributed by atoms with Crippen molar-refractivity contribution >= 4 is 40.8 Å². The Hall–Kier alpha value is -2.59. The van der Waals surface area contributed by atoms with Crippen molar-refractivity contribution in [3.8, 4) is 0 Å². The lowest BCUT2D eigenvalue weighted by Gasteiger charge is -1.95. The maximum Gasteiger partial charge on any atom is 0.335 e. The van der Waals surface area contributed by atoms with Gasteiger partial charge in [-0.2, -0.15) is 0 Å². The highest BCUT2D eigenvalue weighted by Crippen LogP contribution is 2.21. The third-order valence-electron chi connectivity index (χ3n) is 2.94. The van der Waals surface area contributed by atoms with Crippen LogP contribution in [0.1, 0.15) is 21.8 Å². The molecule has 1 aromatic heterocycles. The van der Waals surface area contributed by atoms with Gasteiger partial charge in [0.25, 0.3) is 0 Å². The predicted octanol–water partition coefficient (Wildman–Crippen LogP) is 4.35. The Kier molecular flexibility index (Phi) is 3.46. The first-order valence-corrected chi connectivity index (χ1v) is 6.57. The van der Waals surface area contributed by atoms with Crippen LogP contribution in [0, 0.1) is 0 Å². The molecule has 0 saturated heterocycles. The summed E-state index contributed by atoms with van der Waals surface area (Å²) in [5, 5.41) is 9.44. The lowest BCUT2D eigenvalue weighted by Crippen LogP contribution is -1.94. The summed E-state index contributed by atoms with van der Waals surface area (Å²) in [5.41, 5.74) is 2.48. The van der Waals surface area contributed by atoms with E-state index in [9.17, 15) is 4.79 Å². The number of carboxylic acid groups (broad SMARTS) is 1. The predicted molar refractivity (Wildman–Crippen MR) is 81.3 cm³/mol. The van der Waals surface area contributed by atoms with Crippen LogP contribution in [0.4, 0.5) is 0 Å². The topological polar surface area (TPSA) is 63.3 Å². The number of hydrogen-bond donors (Lipinski definition) is 1. The Morgan fingerprint density at radius 1 is 1.14 bits per heavy atom. The smallest absolute Gasteiger partial charge is 0.335 e. The molecule has 0 radical (unpaired) electrons. The second kappa shape index (κ2) is 5.42. The lowest BCUT2D eigenvalue weighted by atomic mass is 10.1. The van der Waals surface area contributed by atoms with Crippen molar-refractivity contribution < 1.29 is 14.3 Å². The van der Waals surface area contributed by atoms with E-state index in [1.807, 2.05) is 0 Å². The summed E-state index contributed by atoms with van der Waals surface area (Å²) in [6, 6.07) is 11.8. The molecule has 0 aliphatic rings. The molecule has 0 unspecified atom stereocenters. The van der Waals surface area contributed by atoms with E-state index in [-0.39, 0.29) is 5.56 Å². The van der Waals surface area contributed by atoms with Crippen LogP contribution in [0.5, 0.6) is 0 Å². The molecule has 21 heavy (non-hydrogen) atoms. The van der Waals surface area contributed by atoms with Gasteiger partial charge in [0.2, 0.25) is 5.89 Å². The average Bonchev–Trinajstić information content (AvgIpc) is 2.87. The summed E-state index contributed by atoms with van der Waals surface area (Å²) in [4.78, 5) is 15.1. The number of oxazole rings is 1. The van der Waals surface area contributed by atoms with E-state index >= 15 is 0 Å². The standard InChI is InChI=1S/C16H10ClNO3/c17-12-6-7-14-13(9-12)18-15(21-14)8-3-10-1-4-11(5-2-10)16(19)20/h1-9H,(H,19,20). The summed E-state index contributed by atoms with van der Waals surface area (Å²) in [6.07, 6.45) is 3.53. The Morgan fingerprint density at radius 3 is 2.62 bits per heavy atom. The van der Waals surface area contributed by atoms with Crippen LogP contribution < -0.4 is 0 Å². The van der Waals surface area contributed by atoms with E-state index in [1.165, 1.54) is 0 Å². The van der Waals surface area contributed by atoms with Gasteiger partial charge in [-0.1, -0.05) is 23.7 Å². The maximum atomic E-state index is 10.8. The first kappa shape index (κ1) is 13.4. The first-order valence-electron chi connectivity index (χ1n) is 6.19. The van der Waals surface area contributed by atoms with Gasteiger partial charge in [0.1, 0.15) is 5.52 Å². The largest absolute Gasteiger partial charge is 0.478 e. The van der Waals surface area contributed by atoms with Crippen LogP contribution in [0.3, 0.4) is 0 Å². The second-order valence-corrected chi connectivity index (χ2v) is 4.86. The van der Waals surface area contributed by atoms with E-state index in [4.69, 9.17) is 21.1 Å². The van der Waals surface area contributed by atoms with Crippen LogP contribution in [0.25, 0.3) is 23.3 Å². The van der Waals surface area contributed by atoms with Gasteiger partial charge in [-0.25, -0.2) is 9.78 Å². The second-order valence-electron chi connectivity index (χ2n) is 4.42. The summed E-state index contributed by atoms with van der Waals surface area (Å²) in [6.45, 7) is 0. The average molecular weight is 300 g/mol. The quantitative estimate of drug-likeness (QED) is 0.781. The molecule has 0 aliphatic heterocycles. The van der Waals surface area contributed by atoms with Crippen molar-refractivity contribution in [2.75, 3.05) is 0 Å². The third-order valence-corrected chi connectivity index (χ3v) is 3.18. The number of aromatic nitrogens is 1. The highest BCUT2D eigenvalue weighted by Gasteiger charge is 2.04. The van der Waals surface area contributed by atoms with Crippen LogP contribution >= 0.6 is 11.6 Å². The molecule has 0 amide bonds. The van der Waals surface area contributed by atoms with E-state index in [0.717, 1.165) is 5.56 Å². The fourth-order valence-corrected chi connectivity index (χ4v) is 2.06. The van der Waals surface area contributed by atoms with Crippen molar-refractivity contribution in [1.82, 2.24) is 4.98 Å². The van der Waals surface area contributed by atoms with Crippen molar-refractivity contribution in [3.63, 3.8) is 0 Å². The van der Waals surface area contributed by atoms with E-state index in [0.29, 0.717) is 22.0 Å². The zero-order valence-electron chi connectivity index (χ0n) is 10.8. The Morgan fingerprint density at radius 2 is 1.90 bits per heavy atom. The van der Waals surface area contributed by atoms with Gasteiger partial charge in [0, 0.05) is 11.1 Å². The van der Waals surface area contributed by atoms with E-state index < -0.39 is 5.97 Å². The number of halogens is 1. The third kappa shape index (κ3) is 2.95. The molecule has 2 aromatic carbocycles. The summed E-state index contributed by atoms with van der Waals surface area (Å²) < 4.78 is 5.56. The Bertz CT molecular complexity index is 834. The summed E-state index contributed by atoms with van der Waals surface area (Å²) in [5.74, 6) is -0.476. The molecule has 0 atom stereocenters. The molecule has 3 aromatic rings.